The van der Waals surface area contributed by atoms with Gasteiger partial charge in [-0.15, -0.1) is 0 Å². The van der Waals surface area contributed by atoms with Gasteiger partial charge in [-0.1, -0.05) is 105 Å². The van der Waals surface area contributed by atoms with Crippen LogP contribution in [0.4, 0.5) is 11.4 Å². The molecule has 0 spiro atoms. The number of hydrogen-bond donors (Lipinski definition) is 2. The van der Waals surface area contributed by atoms with E-state index in [4.69, 9.17) is 4.74 Å². The molecule has 3 heterocycles. The molecule has 7 nitrogen and oxygen atoms in total. The molecule has 0 saturated carbocycles. The lowest BCUT2D eigenvalue weighted by atomic mass is 9.73. The van der Waals surface area contributed by atoms with Gasteiger partial charge in [-0.2, -0.15) is 0 Å². The van der Waals surface area contributed by atoms with Crippen molar-refractivity contribution in [2.45, 2.75) is 93.0 Å². The van der Waals surface area contributed by atoms with Crippen molar-refractivity contribution < 1.29 is 20.5 Å². The number of nitrogens with one attached hydrogen (secondary N) is 2. The summed E-state index contributed by atoms with van der Waals surface area (Å²) in [6, 6.07) is 31.1. The van der Waals surface area contributed by atoms with Crippen molar-refractivity contribution >= 4 is 40.6 Å². The second-order valence-electron chi connectivity index (χ2n) is 15.5. The van der Waals surface area contributed by atoms with Gasteiger partial charge in [0.05, 0.1) is 11.7 Å². The summed E-state index contributed by atoms with van der Waals surface area (Å²) in [5, 5.41) is 6.55. The molecule has 0 aliphatic carbocycles. The Labute approximate surface area is 347 Å². The van der Waals surface area contributed by atoms with E-state index in [0.717, 1.165) is 78.9 Å². The van der Waals surface area contributed by atoms with Gasteiger partial charge in [0.1, 0.15) is 0 Å². The Morgan fingerprint density at radius 1 is 0.845 bits per heavy atom. The van der Waals surface area contributed by atoms with Gasteiger partial charge in [0, 0.05) is 43.6 Å². The zero-order valence-electron chi connectivity index (χ0n) is 35.5. The molecule has 3 aliphatic heterocycles. The first kappa shape index (κ1) is 43.6. The number of fused-ring (bicyclic) bond motifs is 1. The van der Waals surface area contributed by atoms with E-state index in [1.165, 1.54) is 11.1 Å². The Bertz CT molecular complexity index is 2110. The van der Waals surface area contributed by atoms with Crippen molar-refractivity contribution in [2.24, 2.45) is 5.41 Å². The molecule has 1 fully saturated rings. The highest BCUT2D eigenvalue weighted by atomic mass is 16.5. The maximum Gasteiger partial charge on any atom is 0.258 e. The average Bonchev–Trinajstić information content (AvgIpc) is 3.44. The fraction of sp³-hybridized carbons (Fsp3) is 0.353. The lowest BCUT2D eigenvalue weighted by Gasteiger charge is -2.38. The number of dihydropyridines is 1. The molecule has 306 valence electrons. The minimum absolute atomic E-state index is 0. The first-order chi connectivity index (χ1) is 28.0. The van der Waals surface area contributed by atoms with E-state index in [9.17, 15) is 14.4 Å². The topological polar surface area (TPSA) is 87.7 Å². The first-order valence-electron chi connectivity index (χ1n) is 20.9. The highest BCUT2D eigenvalue weighted by molar-refractivity contribution is 6.09. The minimum atomic E-state index is -0.132. The third kappa shape index (κ3) is 11.3. The summed E-state index contributed by atoms with van der Waals surface area (Å²) >= 11 is 0. The SMILES string of the molecule is CC.CCC1(CCC2NC=C(C)C=C2C(=O)Nc2ccc(C(=O)N3CCC(c4ccc(C(C)=O)cc4)=Cc4ccccc43)cc2)CCOCC1.Cc1cccc(C)c1.[HH]. The van der Waals surface area contributed by atoms with Crippen molar-refractivity contribution in [1.29, 1.82) is 0 Å². The summed E-state index contributed by atoms with van der Waals surface area (Å²) in [7, 11) is 0. The number of benzene rings is 4. The fourth-order valence-electron chi connectivity index (χ4n) is 7.90. The Kier molecular flexibility index (Phi) is 15.6. The number of anilines is 2. The second kappa shape index (κ2) is 20.8. The molecule has 0 aromatic heterocycles. The highest BCUT2D eigenvalue weighted by Crippen LogP contribution is 2.40. The van der Waals surface area contributed by atoms with E-state index in [2.05, 4.69) is 61.7 Å². The summed E-state index contributed by atoms with van der Waals surface area (Å²) in [5.41, 5.74) is 10.5. The average molecular weight is 782 g/mol. The number of rotatable bonds is 9. The third-order valence-corrected chi connectivity index (χ3v) is 11.4. The number of carbonyl (C=O) groups is 3. The van der Waals surface area contributed by atoms with Crippen molar-refractivity contribution in [1.82, 2.24) is 5.32 Å². The predicted molar refractivity (Wildman–Crippen MR) is 242 cm³/mol. The lowest BCUT2D eigenvalue weighted by Crippen LogP contribution is -2.38. The number of aryl methyl sites for hydroxylation is 2. The third-order valence-electron chi connectivity index (χ3n) is 11.4. The molecule has 1 saturated heterocycles. The molecule has 0 radical (unpaired) electrons. The van der Waals surface area contributed by atoms with Crippen molar-refractivity contribution in [3.05, 3.63) is 154 Å². The van der Waals surface area contributed by atoms with E-state index in [-0.39, 0.29) is 30.5 Å². The quantitative estimate of drug-likeness (QED) is 0.165. The number of nitrogens with zero attached hydrogens (tertiary/aromatic N) is 1. The molecule has 4 aromatic rings. The van der Waals surface area contributed by atoms with Crippen molar-refractivity contribution in [2.75, 3.05) is 30.0 Å². The van der Waals surface area contributed by atoms with E-state index >= 15 is 0 Å². The van der Waals surface area contributed by atoms with Crippen LogP contribution in [0.3, 0.4) is 0 Å². The molecule has 2 N–H and O–H groups in total. The van der Waals surface area contributed by atoms with Crippen molar-refractivity contribution in [3.8, 4) is 0 Å². The van der Waals surface area contributed by atoms with E-state index in [1.807, 2.05) is 86.5 Å². The summed E-state index contributed by atoms with van der Waals surface area (Å²) < 4.78 is 5.63. The second-order valence-corrected chi connectivity index (χ2v) is 15.5. The maximum atomic E-state index is 13.9. The smallest absolute Gasteiger partial charge is 0.258 e. The molecule has 58 heavy (non-hydrogen) atoms. The van der Waals surface area contributed by atoms with Gasteiger partial charge in [0.25, 0.3) is 11.8 Å². The summed E-state index contributed by atoms with van der Waals surface area (Å²) in [6.45, 7) is 16.2. The molecule has 4 aromatic carbocycles. The van der Waals surface area contributed by atoms with Gasteiger partial charge in [0.2, 0.25) is 0 Å². The van der Waals surface area contributed by atoms with Crippen LogP contribution in [-0.4, -0.2) is 43.4 Å². The summed E-state index contributed by atoms with van der Waals surface area (Å²) in [4.78, 5) is 41.1. The van der Waals surface area contributed by atoms with Gasteiger partial charge in [0.15, 0.2) is 5.78 Å². The van der Waals surface area contributed by atoms with Gasteiger partial charge >= 0.3 is 0 Å². The zero-order valence-corrected chi connectivity index (χ0v) is 35.5. The Balaban J connectivity index is 0.000000619. The first-order valence-corrected chi connectivity index (χ1v) is 20.9. The molecule has 0 bridgehead atoms. The van der Waals surface area contributed by atoms with Crippen LogP contribution in [0.15, 0.2) is 120 Å². The molecule has 1 unspecified atom stereocenters. The summed E-state index contributed by atoms with van der Waals surface area (Å²) in [5.74, 6) is -0.192. The van der Waals surface area contributed by atoms with Crippen LogP contribution in [0, 0.1) is 19.3 Å². The minimum Gasteiger partial charge on any atom is -0.384 e. The maximum absolute atomic E-state index is 13.9. The van der Waals surface area contributed by atoms with Crippen LogP contribution in [0.1, 0.15) is 118 Å². The lowest BCUT2D eigenvalue weighted by molar-refractivity contribution is -0.113. The Morgan fingerprint density at radius 3 is 2.12 bits per heavy atom. The van der Waals surface area contributed by atoms with Crippen LogP contribution >= 0.6 is 0 Å². The Hall–Kier alpha value is -5.53. The highest BCUT2D eigenvalue weighted by Gasteiger charge is 2.33. The number of hydrogen-bond acceptors (Lipinski definition) is 5. The normalized spacial score (nSPS) is 16.8. The largest absolute Gasteiger partial charge is 0.384 e. The number of para-hydroxylation sites is 1. The van der Waals surface area contributed by atoms with E-state index < -0.39 is 0 Å². The zero-order chi connectivity index (χ0) is 41.7. The van der Waals surface area contributed by atoms with Crippen LogP contribution in [0.5, 0.6) is 0 Å². The van der Waals surface area contributed by atoms with Crippen molar-refractivity contribution in [3.63, 3.8) is 0 Å². The molecular formula is C51H63N3O4. The number of allylic oxidation sites excluding steroid dienone is 2. The van der Waals surface area contributed by atoms with E-state index in [1.54, 1.807) is 31.2 Å². The van der Waals surface area contributed by atoms with Gasteiger partial charge in [-0.25, -0.2) is 0 Å². The predicted octanol–water partition coefficient (Wildman–Crippen LogP) is 11.8. The number of ether oxygens (including phenoxy) is 1. The van der Waals surface area contributed by atoms with E-state index in [0.29, 0.717) is 29.8 Å². The van der Waals surface area contributed by atoms with Crippen LogP contribution in [0.25, 0.3) is 11.6 Å². The summed E-state index contributed by atoms with van der Waals surface area (Å²) in [6.07, 6.45) is 11.9. The molecule has 1 atom stereocenters. The molecule has 3 aliphatic rings. The van der Waals surface area contributed by atoms with Gasteiger partial charge in [-0.05, 0) is 136 Å². The molecular weight excluding hydrogens is 719 g/mol. The van der Waals surface area contributed by atoms with Gasteiger partial charge in [-0.3, -0.25) is 14.4 Å². The monoisotopic (exact) mass is 781 g/mol. The Morgan fingerprint density at radius 2 is 1.50 bits per heavy atom. The molecule has 7 rings (SSSR count). The number of amides is 2. The van der Waals surface area contributed by atoms with Crippen LogP contribution in [-0.2, 0) is 9.53 Å². The molecule has 2 amide bonds. The fourth-order valence-corrected chi connectivity index (χ4v) is 7.90. The number of ketones is 1. The molecule has 7 heteroatoms. The van der Waals surface area contributed by atoms with Gasteiger partial charge < -0.3 is 20.3 Å². The number of carbonyl (C=O) groups excluding carboxylic acids is 3. The van der Waals surface area contributed by atoms with Crippen LogP contribution in [0.2, 0.25) is 0 Å². The number of Topliss-reactive ketones (excluding diaryl/α,β-unsaturated/α-hetero) is 1. The standard InChI is InChI=1S/C41H45N3O4.C8H10.C2H6.H2/c1-4-41(20-23-48-24-21-41)19-17-37-36(25-28(2)27-42-37)39(46)43-35-15-13-32(14-16-35)40(47)44-22-18-33(26-34-7-5-6-8-38(34)44)31-11-9-30(10-12-31)29(3)45;1-7-4-3-5-8(2)6-7;1-2;/h5-16,25-27,37,42H,4,17-24H2,1-3H3,(H,43,46);3-6H,1-2H3;1-2H3;1H. The van der Waals surface area contributed by atoms with Crippen LogP contribution < -0.4 is 15.5 Å².